The number of allylic oxidation sites excluding steroid dienone is 4. The molecule has 0 aliphatic carbocycles. The normalized spacial score (nSPS) is 13.1. The Morgan fingerprint density at radius 1 is 0.633 bits per heavy atom. The van der Waals surface area contributed by atoms with Crippen LogP contribution in [0, 0.1) is 0 Å². The minimum absolute atomic E-state index is 0.283. The van der Waals surface area contributed by atoms with Crippen LogP contribution < -0.4 is 15.9 Å². The van der Waals surface area contributed by atoms with Crippen LogP contribution in [0.5, 0.6) is 0 Å². The lowest BCUT2D eigenvalue weighted by Crippen LogP contribution is -2.14. The van der Waals surface area contributed by atoms with Gasteiger partial charge in [-0.2, -0.15) is 0 Å². The predicted octanol–water partition coefficient (Wildman–Crippen LogP) is 7.19. The smallest absolute Gasteiger partial charge is 0.0195 e. The Hall–Kier alpha value is -2.00. The van der Waals surface area contributed by atoms with Gasteiger partial charge in [0.05, 0.1) is 0 Å². The minimum atomic E-state index is -0.283. The Kier molecular flexibility index (Phi) is 9.56. The second-order valence-corrected chi connectivity index (χ2v) is 11.9. The number of hydrogen-bond acceptors (Lipinski definition) is 0. The molecule has 0 aliphatic rings. The first kappa shape index (κ1) is 22.7. The zero-order valence-corrected chi connectivity index (χ0v) is 19.9. The second-order valence-electron chi connectivity index (χ2n) is 7.23. The molecule has 0 amide bonds. The SMILES string of the molecule is C/C=C\C(=C/C)P(CCCCP(c1ccccc1)c1ccccc1)c1ccccc1. The molecule has 0 fully saturated rings. The van der Waals surface area contributed by atoms with Gasteiger partial charge in [0.25, 0.3) is 0 Å². The van der Waals surface area contributed by atoms with Gasteiger partial charge in [-0.25, -0.2) is 0 Å². The molecule has 3 rings (SSSR count). The fraction of sp³-hybridized carbons (Fsp3) is 0.214. The lowest BCUT2D eigenvalue weighted by molar-refractivity contribution is 0.901. The lowest BCUT2D eigenvalue weighted by Gasteiger charge is -2.21. The van der Waals surface area contributed by atoms with Crippen molar-refractivity contribution in [3.05, 3.63) is 115 Å². The Morgan fingerprint density at radius 2 is 1.10 bits per heavy atom. The third-order valence-corrected chi connectivity index (χ3v) is 10.5. The third-order valence-electron chi connectivity index (χ3n) is 5.16. The van der Waals surface area contributed by atoms with E-state index in [9.17, 15) is 0 Å². The number of hydrogen-bond donors (Lipinski definition) is 0. The van der Waals surface area contributed by atoms with E-state index >= 15 is 0 Å². The molecule has 0 aromatic heterocycles. The van der Waals surface area contributed by atoms with Crippen molar-refractivity contribution in [2.24, 2.45) is 0 Å². The third kappa shape index (κ3) is 6.50. The molecule has 0 nitrogen and oxygen atoms in total. The van der Waals surface area contributed by atoms with Crippen molar-refractivity contribution in [1.29, 1.82) is 0 Å². The summed E-state index contributed by atoms with van der Waals surface area (Å²) in [6.45, 7) is 4.30. The van der Waals surface area contributed by atoms with Gasteiger partial charge in [-0.15, -0.1) is 0 Å². The predicted molar refractivity (Wildman–Crippen MR) is 140 cm³/mol. The maximum atomic E-state index is 2.31. The minimum Gasteiger partial charge on any atom is -0.0870 e. The van der Waals surface area contributed by atoms with Crippen LogP contribution in [0.15, 0.2) is 115 Å². The summed E-state index contributed by atoms with van der Waals surface area (Å²) in [7, 11) is -0.566. The summed E-state index contributed by atoms with van der Waals surface area (Å²) < 4.78 is 0. The monoisotopic (exact) mass is 430 g/mol. The Morgan fingerprint density at radius 3 is 1.57 bits per heavy atom. The standard InChI is InChI=1S/C28H32P2/c1-3-16-25(4-2)29(26-17-8-5-9-18-26)23-14-15-24-30(27-19-10-6-11-20-27)28-21-12-7-13-22-28/h3-13,16-22H,14-15,23-24H2,1-2H3/b16-3-,25-4+. The molecule has 1 atom stereocenters. The summed E-state index contributed by atoms with van der Waals surface area (Å²) in [5.41, 5.74) is 0. The van der Waals surface area contributed by atoms with E-state index in [-0.39, 0.29) is 15.8 Å². The first-order valence-electron chi connectivity index (χ1n) is 10.8. The zero-order chi connectivity index (χ0) is 21.0. The first-order valence-corrected chi connectivity index (χ1v) is 13.9. The van der Waals surface area contributed by atoms with E-state index in [0.717, 1.165) is 0 Å². The average Bonchev–Trinajstić information content (AvgIpc) is 2.82. The molecule has 1 unspecified atom stereocenters. The van der Waals surface area contributed by atoms with E-state index < -0.39 is 0 Å². The van der Waals surface area contributed by atoms with Crippen LogP contribution in [0.2, 0.25) is 0 Å². The molecule has 0 N–H and O–H groups in total. The largest absolute Gasteiger partial charge is 0.0870 e. The van der Waals surface area contributed by atoms with Gasteiger partial charge >= 0.3 is 0 Å². The van der Waals surface area contributed by atoms with Gasteiger partial charge in [0.2, 0.25) is 0 Å². The molecule has 0 bridgehead atoms. The molecule has 0 radical (unpaired) electrons. The highest BCUT2D eigenvalue weighted by Crippen LogP contribution is 2.46. The fourth-order valence-electron chi connectivity index (χ4n) is 3.69. The van der Waals surface area contributed by atoms with Crippen molar-refractivity contribution >= 4 is 31.8 Å². The molecule has 0 aliphatic heterocycles. The van der Waals surface area contributed by atoms with Crippen LogP contribution >= 0.6 is 15.8 Å². The summed E-state index contributed by atoms with van der Waals surface area (Å²) in [4.78, 5) is 0. The molecule has 0 heterocycles. The molecule has 0 saturated heterocycles. The van der Waals surface area contributed by atoms with Crippen molar-refractivity contribution in [2.75, 3.05) is 12.3 Å². The van der Waals surface area contributed by atoms with Crippen LogP contribution in [0.4, 0.5) is 0 Å². The van der Waals surface area contributed by atoms with Crippen LogP contribution in [0.3, 0.4) is 0 Å². The van der Waals surface area contributed by atoms with Crippen LogP contribution in [-0.2, 0) is 0 Å². The first-order chi connectivity index (χ1) is 14.8. The molecular weight excluding hydrogens is 398 g/mol. The van der Waals surface area contributed by atoms with E-state index in [1.54, 1.807) is 0 Å². The Labute approximate surface area is 185 Å². The van der Waals surface area contributed by atoms with Crippen molar-refractivity contribution in [2.45, 2.75) is 26.7 Å². The average molecular weight is 431 g/mol. The second kappa shape index (κ2) is 12.6. The Bertz CT molecular complexity index is 875. The van der Waals surface area contributed by atoms with Gasteiger partial charge in [-0.1, -0.05) is 109 Å². The molecular formula is C28H32P2. The van der Waals surface area contributed by atoms with E-state index in [2.05, 4.69) is 123 Å². The van der Waals surface area contributed by atoms with Crippen molar-refractivity contribution in [3.8, 4) is 0 Å². The molecule has 3 aromatic rings. The van der Waals surface area contributed by atoms with Gasteiger partial charge in [0, 0.05) is 0 Å². The maximum absolute atomic E-state index is 2.31. The number of unbranched alkanes of at least 4 members (excludes halogenated alkanes) is 1. The molecule has 30 heavy (non-hydrogen) atoms. The highest BCUT2D eigenvalue weighted by molar-refractivity contribution is 7.73. The van der Waals surface area contributed by atoms with Crippen LogP contribution in [0.1, 0.15) is 26.7 Å². The van der Waals surface area contributed by atoms with Crippen LogP contribution in [0.25, 0.3) is 0 Å². The van der Waals surface area contributed by atoms with Crippen molar-refractivity contribution in [3.63, 3.8) is 0 Å². The molecule has 154 valence electrons. The summed E-state index contributed by atoms with van der Waals surface area (Å²) in [6.07, 6.45) is 11.9. The molecule has 0 spiro atoms. The summed E-state index contributed by atoms with van der Waals surface area (Å²) in [5, 5.41) is 5.97. The molecule has 2 heteroatoms. The van der Waals surface area contributed by atoms with E-state index in [0.29, 0.717) is 0 Å². The Balaban J connectivity index is 1.69. The van der Waals surface area contributed by atoms with E-state index in [1.807, 2.05) is 0 Å². The zero-order valence-electron chi connectivity index (χ0n) is 18.1. The quantitative estimate of drug-likeness (QED) is 0.181. The topological polar surface area (TPSA) is 0 Å². The lowest BCUT2D eigenvalue weighted by atomic mass is 10.4. The fourth-order valence-corrected chi connectivity index (χ4v) is 8.64. The highest BCUT2D eigenvalue weighted by Gasteiger charge is 2.16. The summed E-state index contributed by atoms with van der Waals surface area (Å²) in [5.74, 6) is 0. The van der Waals surface area contributed by atoms with Crippen molar-refractivity contribution < 1.29 is 0 Å². The number of benzene rings is 3. The van der Waals surface area contributed by atoms with Gasteiger partial charge in [0.1, 0.15) is 0 Å². The highest BCUT2D eigenvalue weighted by atomic mass is 31.1. The molecule has 3 aromatic carbocycles. The van der Waals surface area contributed by atoms with Gasteiger partial charge in [-0.3, -0.25) is 0 Å². The van der Waals surface area contributed by atoms with E-state index in [4.69, 9.17) is 0 Å². The summed E-state index contributed by atoms with van der Waals surface area (Å²) >= 11 is 0. The van der Waals surface area contributed by atoms with Gasteiger partial charge < -0.3 is 0 Å². The van der Waals surface area contributed by atoms with Crippen molar-refractivity contribution in [1.82, 2.24) is 0 Å². The number of rotatable bonds is 10. The van der Waals surface area contributed by atoms with Gasteiger partial charge in [0.15, 0.2) is 0 Å². The van der Waals surface area contributed by atoms with Crippen LogP contribution in [-0.4, -0.2) is 12.3 Å². The maximum Gasteiger partial charge on any atom is -0.0195 e. The van der Waals surface area contributed by atoms with Gasteiger partial charge in [-0.05, 0) is 76.1 Å². The molecule has 0 saturated carbocycles. The summed E-state index contributed by atoms with van der Waals surface area (Å²) in [6, 6.07) is 33.3. The van der Waals surface area contributed by atoms with E-state index in [1.165, 1.54) is 46.4 Å².